The second kappa shape index (κ2) is 8.60. The minimum atomic E-state index is -0.201. The van der Waals surface area contributed by atoms with E-state index in [1.54, 1.807) is 12.1 Å². The van der Waals surface area contributed by atoms with Crippen LogP contribution in [0.4, 0.5) is 4.39 Å². The number of benzene rings is 1. The van der Waals surface area contributed by atoms with E-state index in [9.17, 15) is 4.39 Å². The Morgan fingerprint density at radius 3 is 2.70 bits per heavy atom. The molecule has 2 rings (SSSR count). The van der Waals surface area contributed by atoms with Crippen molar-refractivity contribution in [2.24, 2.45) is 0 Å². The molecule has 0 amide bonds. The predicted octanol–water partition coefficient (Wildman–Crippen LogP) is 3.49. The third-order valence-corrected chi connectivity index (χ3v) is 4.24. The van der Waals surface area contributed by atoms with Crippen LogP contribution < -0.4 is 5.32 Å². The molecule has 20 heavy (non-hydrogen) atoms. The van der Waals surface area contributed by atoms with Gasteiger partial charge in [0.1, 0.15) is 5.82 Å². The summed E-state index contributed by atoms with van der Waals surface area (Å²) in [7, 11) is 0. The average Bonchev–Trinajstić information content (AvgIpc) is 2.46. The molecule has 0 bridgehead atoms. The zero-order valence-electron chi connectivity index (χ0n) is 12.0. The Morgan fingerprint density at radius 1 is 1.15 bits per heavy atom. The lowest BCUT2D eigenvalue weighted by Gasteiger charge is -2.26. The van der Waals surface area contributed by atoms with Crippen molar-refractivity contribution in [3.05, 3.63) is 34.6 Å². The van der Waals surface area contributed by atoms with Crippen molar-refractivity contribution in [1.29, 1.82) is 0 Å². The molecular weight excluding hydrogens is 275 g/mol. The number of nitrogens with one attached hydrogen (secondary N) is 1. The summed E-state index contributed by atoms with van der Waals surface area (Å²) in [5, 5.41) is 3.90. The zero-order chi connectivity index (χ0) is 14.2. The van der Waals surface area contributed by atoms with Crippen LogP contribution in [-0.4, -0.2) is 37.6 Å². The largest absolute Gasteiger partial charge is 0.316 e. The van der Waals surface area contributed by atoms with E-state index in [2.05, 4.69) is 10.2 Å². The van der Waals surface area contributed by atoms with Crippen LogP contribution >= 0.6 is 11.6 Å². The fourth-order valence-corrected chi connectivity index (χ4v) is 2.98. The van der Waals surface area contributed by atoms with Gasteiger partial charge < -0.3 is 10.2 Å². The first-order valence-corrected chi connectivity index (χ1v) is 8.01. The molecule has 1 aromatic carbocycles. The first kappa shape index (κ1) is 15.7. The smallest absolute Gasteiger partial charge is 0.127 e. The molecule has 0 atom stereocenters. The van der Waals surface area contributed by atoms with E-state index < -0.39 is 0 Å². The molecule has 1 heterocycles. The third kappa shape index (κ3) is 5.04. The van der Waals surface area contributed by atoms with E-state index in [0.717, 1.165) is 19.5 Å². The second-order valence-corrected chi connectivity index (χ2v) is 5.86. The van der Waals surface area contributed by atoms with Gasteiger partial charge in [-0.3, -0.25) is 0 Å². The summed E-state index contributed by atoms with van der Waals surface area (Å²) in [4.78, 5) is 2.54. The highest BCUT2D eigenvalue weighted by molar-refractivity contribution is 6.31. The maximum Gasteiger partial charge on any atom is 0.127 e. The molecule has 0 radical (unpaired) electrons. The number of piperidine rings is 1. The van der Waals surface area contributed by atoms with Crippen LogP contribution in [0.1, 0.15) is 31.2 Å². The molecule has 1 fully saturated rings. The SMILES string of the molecule is Fc1cccc(Cl)c1CCNCCCN1CCCCC1. The molecule has 4 heteroatoms. The Hall–Kier alpha value is -0.640. The standard InChI is InChI=1S/C16H24ClFN2/c17-15-6-4-7-16(18)14(15)8-10-19-9-5-13-20-11-2-1-3-12-20/h4,6-7,19H,1-3,5,8-13H2. The number of hydrogen-bond donors (Lipinski definition) is 1. The van der Waals surface area contributed by atoms with Gasteiger partial charge in [0.15, 0.2) is 0 Å². The van der Waals surface area contributed by atoms with Gasteiger partial charge in [0, 0.05) is 10.6 Å². The van der Waals surface area contributed by atoms with Crippen LogP contribution in [0.15, 0.2) is 18.2 Å². The van der Waals surface area contributed by atoms with Crippen LogP contribution in [0, 0.1) is 5.82 Å². The van der Waals surface area contributed by atoms with E-state index in [4.69, 9.17) is 11.6 Å². The van der Waals surface area contributed by atoms with E-state index in [0.29, 0.717) is 17.0 Å². The molecule has 0 aliphatic carbocycles. The van der Waals surface area contributed by atoms with E-state index in [-0.39, 0.29) is 5.82 Å². The summed E-state index contributed by atoms with van der Waals surface area (Å²) < 4.78 is 13.5. The summed E-state index contributed by atoms with van der Waals surface area (Å²) >= 11 is 6.00. The van der Waals surface area contributed by atoms with E-state index in [1.165, 1.54) is 45.0 Å². The first-order valence-electron chi connectivity index (χ1n) is 7.63. The lowest BCUT2D eigenvalue weighted by Crippen LogP contribution is -2.32. The van der Waals surface area contributed by atoms with Crippen molar-refractivity contribution in [3.63, 3.8) is 0 Å². The molecule has 1 aromatic rings. The molecule has 0 aromatic heterocycles. The van der Waals surface area contributed by atoms with Gasteiger partial charge in [-0.2, -0.15) is 0 Å². The average molecular weight is 299 g/mol. The molecule has 0 unspecified atom stereocenters. The van der Waals surface area contributed by atoms with Gasteiger partial charge in [0.2, 0.25) is 0 Å². The molecule has 0 spiro atoms. The van der Waals surface area contributed by atoms with Gasteiger partial charge >= 0.3 is 0 Å². The molecular formula is C16H24ClFN2. The van der Waals surface area contributed by atoms with Crippen LogP contribution in [-0.2, 0) is 6.42 Å². The Balaban J connectivity index is 1.57. The Kier molecular flexibility index (Phi) is 6.77. The van der Waals surface area contributed by atoms with Crippen LogP contribution in [0.2, 0.25) is 5.02 Å². The maximum absolute atomic E-state index is 13.5. The number of hydrogen-bond acceptors (Lipinski definition) is 2. The molecule has 1 aliphatic heterocycles. The van der Waals surface area contributed by atoms with Gasteiger partial charge in [-0.1, -0.05) is 24.1 Å². The summed E-state index contributed by atoms with van der Waals surface area (Å²) in [6.07, 6.45) is 5.89. The minimum Gasteiger partial charge on any atom is -0.316 e. The van der Waals surface area contributed by atoms with Crippen molar-refractivity contribution < 1.29 is 4.39 Å². The quantitative estimate of drug-likeness (QED) is 0.775. The summed E-state index contributed by atoms with van der Waals surface area (Å²) in [5.41, 5.74) is 0.623. The van der Waals surface area contributed by atoms with Gasteiger partial charge in [-0.25, -0.2) is 4.39 Å². The lowest BCUT2D eigenvalue weighted by molar-refractivity contribution is 0.226. The lowest BCUT2D eigenvalue weighted by atomic mass is 10.1. The van der Waals surface area contributed by atoms with Gasteiger partial charge in [-0.15, -0.1) is 0 Å². The van der Waals surface area contributed by atoms with Gasteiger partial charge in [0.25, 0.3) is 0 Å². The Morgan fingerprint density at radius 2 is 1.95 bits per heavy atom. The van der Waals surface area contributed by atoms with E-state index >= 15 is 0 Å². The summed E-state index contributed by atoms with van der Waals surface area (Å²) in [5.74, 6) is -0.201. The number of rotatable bonds is 7. The van der Waals surface area contributed by atoms with Crippen molar-refractivity contribution in [2.45, 2.75) is 32.1 Å². The second-order valence-electron chi connectivity index (χ2n) is 5.46. The number of nitrogens with zero attached hydrogens (tertiary/aromatic N) is 1. The first-order chi connectivity index (χ1) is 9.77. The normalized spacial score (nSPS) is 16.5. The van der Waals surface area contributed by atoms with Crippen molar-refractivity contribution in [1.82, 2.24) is 10.2 Å². The van der Waals surface area contributed by atoms with E-state index in [1.807, 2.05) is 0 Å². The van der Waals surface area contributed by atoms with Crippen molar-refractivity contribution >= 4 is 11.6 Å². The monoisotopic (exact) mass is 298 g/mol. The summed E-state index contributed by atoms with van der Waals surface area (Å²) in [6.45, 7) is 5.45. The fraction of sp³-hybridized carbons (Fsp3) is 0.625. The molecule has 112 valence electrons. The van der Waals surface area contributed by atoms with Crippen LogP contribution in [0.25, 0.3) is 0 Å². The van der Waals surface area contributed by atoms with Crippen molar-refractivity contribution in [3.8, 4) is 0 Å². The van der Waals surface area contributed by atoms with Crippen LogP contribution in [0.5, 0.6) is 0 Å². The van der Waals surface area contributed by atoms with Crippen LogP contribution in [0.3, 0.4) is 0 Å². The molecule has 2 nitrogen and oxygen atoms in total. The predicted molar refractivity (Wildman–Crippen MR) is 82.9 cm³/mol. The highest BCUT2D eigenvalue weighted by Gasteiger charge is 2.09. The highest BCUT2D eigenvalue weighted by Crippen LogP contribution is 2.18. The molecule has 1 saturated heterocycles. The molecule has 1 N–H and O–H groups in total. The fourth-order valence-electron chi connectivity index (χ4n) is 2.72. The van der Waals surface area contributed by atoms with Gasteiger partial charge in [0.05, 0.1) is 0 Å². The Labute approximate surface area is 126 Å². The molecule has 0 saturated carbocycles. The highest BCUT2D eigenvalue weighted by atomic mass is 35.5. The molecule has 1 aliphatic rings. The minimum absolute atomic E-state index is 0.201. The van der Waals surface area contributed by atoms with Crippen molar-refractivity contribution in [2.75, 3.05) is 32.7 Å². The zero-order valence-corrected chi connectivity index (χ0v) is 12.8. The Bertz CT molecular complexity index is 385. The van der Waals surface area contributed by atoms with Gasteiger partial charge in [-0.05, 0) is 70.5 Å². The topological polar surface area (TPSA) is 15.3 Å². The third-order valence-electron chi connectivity index (χ3n) is 3.89. The number of likely N-dealkylation sites (tertiary alicyclic amines) is 1. The summed E-state index contributed by atoms with van der Waals surface area (Å²) in [6, 6.07) is 4.86. The number of halogens is 2. The maximum atomic E-state index is 13.5.